The Hall–Kier alpha value is -0.770. The highest BCUT2D eigenvalue weighted by Gasteiger charge is 2.27. The molecule has 3 N–H and O–H groups in total. The minimum atomic E-state index is -0.783. The Bertz CT molecular complexity index is 161. The second kappa shape index (κ2) is 4.30. The van der Waals surface area contributed by atoms with Crippen LogP contribution >= 0.6 is 0 Å². The molecule has 1 heterocycles. The first-order valence-electron chi connectivity index (χ1n) is 4.45. The van der Waals surface area contributed by atoms with Crippen LogP contribution in [0.1, 0.15) is 25.7 Å². The van der Waals surface area contributed by atoms with Crippen molar-refractivity contribution in [3.05, 3.63) is 0 Å². The standard InChI is InChI=1S/C8H16N2O2/c9-5-1-3-7-4-2-6-10(7)8(11)12/h7H,1-6,9H2,(H,11,12). The number of nitrogens with zero attached hydrogens (tertiary/aromatic N) is 1. The van der Waals surface area contributed by atoms with Gasteiger partial charge in [0.15, 0.2) is 0 Å². The molecule has 1 amide bonds. The molecule has 1 unspecified atom stereocenters. The summed E-state index contributed by atoms with van der Waals surface area (Å²) in [6.07, 6.45) is 3.07. The molecule has 0 aliphatic carbocycles. The van der Waals surface area contributed by atoms with Crippen molar-refractivity contribution < 1.29 is 9.90 Å². The molecule has 0 aromatic carbocycles. The van der Waals surface area contributed by atoms with Crippen molar-refractivity contribution in [2.75, 3.05) is 13.1 Å². The Kier molecular flexibility index (Phi) is 3.34. The van der Waals surface area contributed by atoms with Crippen molar-refractivity contribution >= 4 is 6.09 Å². The normalized spacial score (nSPS) is 23.1. The van der Waals surface area contributed by atoms with Gasteiger partial charge in [0.2, 0.25) is 0 Å². The Balaban J connectivity index is 2.35. The quantitative estimate of drug-likeness (QED) is 0.663. The van der Waals surface area contributed by atoms with Gasteiger partial charge in [-0.1, -0.05) is 0 Å². The molecule has 0 saturated carbocycles. The monoisotopic (exact) mass is 172 g/mol. The van der Waals surface area contributed by atoms with E-state index >= 15 is 0 Å². The van der Waals surface area contributed by atoms with E-state index in [1.165, 1.54) is 4.90 Å². The summed E-state index contributed by atoms with van der Waals surface area (Å²) in [6.45, 7) is 1.36. The van der Waals surface area contributed by atoms with Crippen LogP contribution in [0.25, 0.3) is 0 Å². The molecule has 0 radical (unpaired) electrons. The number of carbonyl (C=O) groups is 1. The zero-order valence-corrected chi connectivity index (χ0v) is 7.20. The van der Waals surface area contributed by atoms with Gasteiger partial charge in [0.25, 0.3) is 0 Å². The summed E-state index contributed by atoms with van der Waals surface area (Å²) < 4.78 is 0. The third kappa shape index (κ3) is 2.11. The predicted molar refractivity (Wildman–Crippen MR) is 46.0 cm³/mol. The van der Waals surface area contributed by atoms with E-state index in [9.17, 15) is 4.79 Å². The number of likely N-dealkylation sites (tertiary alicyclic amines) is 1. The third-order valence-electron chi connectivity index (χ3n) is 2.36. The summed E-state index contributed by atoms with van der Waals surface area (Å²) in [7, 11) is 0. The van der Waals surface area contributed by atoms with Gasteiger partial charge in [-0.15, -0.1) is 0 Å². The fourth-order valence-corrected chi connectivity index (χ4v) is 1.74. The maximum Gasteiger partial charge on any atom is 0.407 e. The van der Waals surface area contributed by atoms with Crippen LogP contribution in [0.3, 0.4) is 0 Å². The fourth-order valence-electron chi connectivity index (χ4n) is 1.74. The van der Waals surface area contributed by atoms with Gasteiger partial charge in [0, 0.05) is 12.6 Å². The van der Waals surface area contributed by atoms with Gasteiger partial charge < -0.3 is 15.7 Å². The van der Waals surface area contributed by atoms with E-state index in [4.69, 9.17) is 10.8 Å². The fraction of sp³-hybridized carbons (Fsp3) is 0.875. The summed E-state index contributed by atoms with van der Waals surface area (Å²) >= 11 is 0. The smallest absolute Gasteiger partial charge is 0.407 e. The third-order valence-corrected chi connectivity index (χ3v) is 2.36. The van der Waals surface area contributed by atoms with E-state index in [-0.39, 0.29) is 6.04 Å². The Morgan fingerprint density at radius 1 is 1.67 bits per heavy atom. The minimum Gasteiger partial charge on any atom is -0.465 e. The van der Waals surface area contributed by atoms with Crippen LogP contribution in [0.15, 0.2) is 0 Å². The van der Waals surface area contributed by atoms with Crippen molar-refractivity contribution in [1.82, 2.24) is 4.90 Å². The molecular formula is C8H16N2O2. The Labute approximate surface area is 72.3 Å². The molecule has 1 aliphatic heterocycles. The molecule has 1 saturated heterocycles. The van der Waals surface area contributed by atoms with E-state index in [1.807, 2.05) is 0 Å². The number of hydrogen-bond acceptors (Lipinski definition) is 2. The van der Waals surface area contributed by atoms with Gasteiger partial charge in [-0.25, -0.2) is 4.79 Å². The van der Waals surface area contributed by atoms with Gasteiger partial charge in [0.05, 0.1) is 0 Å². The van der Waals surface area contributed by atoms with Crippen molar-refractivity contribution in [3.8, 4) is 0 Å². The molecule has 1 atom stereocenters. The van der Waals surface area contributed by atoms with Gasteiger partial charge in [-0.3, -0.25) is 0 Å². The van der Waals surface area contributed by atoms with E-state index in [1.54, 1.807) is 0 Å². The number of nitrogens with two attached hydrogens (primary N) is 1. The van der Waals surface area contributed by atoms with Crippen LogP contribution in [0.2, 0.25) is 0 Å². The Morgan fingerprint density at radius 3 is 3.00 bits per heavy atom. The molecule has 1 fully saturated rings. The number of hydrogen-bond donors (Lipinski definition) is 2. The molecule has 70 valence electrons. The van der Waals surface area contributed by atoms with Gasteiger partial charge in [-0.05, 0) is 32.2 Å². The maximum absolute atomic E-state index is 10.7. The average Bonchev–Trinajstić information content (AvgIpc) is 2.48. The zero-order valence-electron chi connectivity index (χ0n) is 7.20. The van der Waals surface area contributed by atoms with Crippen molar-refractivity contribution in [3.63, 3.8) is 0 Å². The molecular weight excluding hydrogens is 156 g/mol. The van der Waals surface area contributed by atoms with E-state index < -0.39 is 6.09 Å². The molecule has 0 aromatic rings. The van der Waals surface area contributed by atoms with Crippen molar-refractivity contribution in [2.45, 2.75) is 31.7 Å². The van der Waals surface area contributed by atoms with Crippen molar-refractivity contribution in [2.24, 2.45) is 5.73 Å². The lowest BCUT2D eigenvalue weighted by Gasteiger charge is -2.20. The van der Waals surface area contributed by atoms with Gasteiger partial charge in [0.1, 0.15) is 0 Å². The summed E-state index contributed by atoms with van der Waals surface area (Å²) in [5.74, 6) is 0. The van der Waals surface area contributed by atoms with Crippen LogP contribution in [0.5, 0.6) is 0 Å². The second-order valence-electron chi connectivity index (χ2n) is 3.20. The molecule has 12 heavy (non-hydrogen) atoms. The second-order valence-corrected chi connectivity index (χ2v) is 3.20. The minimum absolute atomic E-state index is 0.228. The highest BCUT2D eigenvalue weighted by Crippen LogP contribution is 2.20. The molecule has 4 nitrogen and oxygen atoms in total. The lowest BCUT2D eigenvalue weighted by Crippen LogP contribution is -2.34. The molecule has 0 bridgehead atoms. The van der Waals surface area contributed by atoms with Crippen LogP contribution in [-0.4, -0.2) is 35.2 Å². The number of rotatable bonds is 3. The highest BCUT2D eigenvalue weighted by molar-refractivity contribution is 5.65. The van der Waals surface area contributed by atoms with Crippen LogP contribution in [0.4, 0.5) is 4.79 Å². The summed E-state index contributed by atoms with van der Waals surface area (Å²) in [5, 5.41) is 8.78. The van der Waals surface area contributed by atoms with E-state index in [0.29, 0.717) is 13.1 Å². The maximum atomic E-state index is 10.7. The molecule has 1 aliphatic rings. The molecule has 1 rings (SSSR count). The lowest BCUT2D eigenvalue weighted by molar-refractivity contribution is 0.138. The lowest BCUT2D eigenvalue weighted by atomic mass is 10.1. The molecule has 0 aromatic heterocycles. The topological polar surface area (TPSA) is 66.6 Å². The molecule has 4 heteroatoms. The zero-order chi connectivity index (χ0) is 8.97. The van der Waals surface area contributed by atoms with Crippen LogP contribution in [-0.2, 0) is 0 Å². The number of carboxylic acid groups (broad SMARTS) is 1. The van der Waals surface area contributed by atoms with E-state index in [2.05, 4.69) is 0 Å². The largest absolute Gasteiger partial charge is 0.465 e. The van der Waals surface area contributed by atoms with Crippen molar-refractivity contribution in [1.29, 1.82) is 0 Å². The summed E-state index contributed by atoms with van der Waals surface area (Å²) in [6, 6.07) is 0.228. The highest BCUT2D eigenvalue weighted by atomic mass is 16.4. The predicted octanol–water partition coefficient (Wildman–Crippen LogP) is 0.868. The molecule has 0 spiro atoms. The SMILES string of the molecule is NCCCC1CCCN1C(=O)O. The van der Waals surface area contributed by atoms with Crippen LogP contribution in [0, 0.1) is 0 Å². The first kappa shape index (κ1) is 9.32. The van der Waals surface area contributed by atoms with Crippen LogP contribution < -0.4 is 5.73 Å². The van der Waals surface area contributed by atoms with Gasteiger partial charge >= 0.3 is 6.09 Å². The summed E-state index contributed by atoms with van der Waals surface area (Å²) in [4.78, 5) is 12.2. The first-order chi connectivity index (χ1) is 5.75. The van der Waals surface area contributed by atoms with E-state index in [0.717, 1.165) is 25.7 Å². The van der Waals surface area contributed by atoms with Gasteiger partial charge in [-0.2, -0.15) is 0 Å². The first-order valence-corrected chi connectivity index (χ1v) is 4.45. The average molecular weight is 172 g/mol. The number of amides is 1. The summed E-state index contributed by atoms with van der Waals surface area (Å²) in [5.41, 5.74) is 5.36. The Morgan fingerprint density at radius 2 is 2.42 bits per heavy atom.